The summed E-state index contributed by atoms with van der Waals surface area (Å²) in [6.45, 7) is 3.59. The number of benzene rings is 1. The summed E-state index contributed by atoms with van der Waals surface area (Å²) in [5, 5.41) is 1.41. The van der Waals surface area contributed by atoms with Crippen molar-refractivity contribution < 1.29 is 9.59 Å². The molecule has 1 N–H and O–H groups in total. The Labute approximate surface area is 94.2 Å². The van der Waals surface area contributed by atoms with Gasteiger partial charge in [0.1, 0.15) is 0 Å². The average molecular weight is 218 g/mol. The molecule has 0 aliphatic carbocycles. The molecule has 1 saturated heterocycles. The van der Waals surface area contributed by atoms with Crippen LogP contribution in [0, 0.1) is 0 Å². The maximum atomic E-state index is 11.6. The molecule has 1 aliphatic heterocycles. The number of carbonyl (C=O) groups excluding carboxylic acids is 2. The van der Waals surface area contributed by atoms with Gasteiger partial charge >= 0.3 is 5.91 Å². The van der Waals surface area contributed by atoms with Crippen LogP contribution in [-0.2, 0) is 9.59 Å². The van der Waals surface area contributed by atoms with Crippen LogP contribution >= 0.6 is 0 Å². The van der Waals surface area contributed by atoms with E-state index < -0.39 is 11.9 Å². The first kappa shape index (κ1) is 10.8. The van der Waals surface area contributed by atoms with Gasteiger partial charge in [-0.1, -0.05) is 30.3 Å². The molecule has 0 spiro atoms. The third-order valence-corrected chi connectivity index (χ3v) is 2.82. The van der Waals surface area contributed by atoms with Crippen LogP contribution in [0.2, 0.25) is 0 Å². The van der Waals surface area contributed by atoms with E-state index in [0.717, 1.165) is 5.56 Å². The van der Waals surface area contributed by atoms with Gasteiger partial charge in [-0.2, -0.15) is 0 Å². The van der Waals surface area contributed by atoms with E-state index in [0.29, 0.717) is 0 Å². The molecular formula is C12H14N2O2. The second-order valence-corrected chi connectivity index (χ2v) is 3.98. The number of rotatable bonds is 2. The monoisotopic (exact) mass is 218 g/mol. The molecule has 84 valence electrons. The number of hydrogen-bond donors (Lipinski definition) is 1. The molecule has 1 fully saturated rings. The van der Waals surface area contributed by atoms with Gasteiger partial charge in [-0.05, 0) is 19.4 Å². The first-order chi connectivity index (χ1) is 7.61. The van der Waals surface area contributed by atoms with Crippen LogP contribution in [0.15, 0.2) is 30.3 Å². The molecule has 0 bridgehead atoms. The summed E-state index contributed by atoms with van der Waals surface area (Å²) in [7, 11) is 0. The molecule has 2 atom stereocenters. The molecule has 1 amide bonds. The van der Waals surface area contributed by atoms with Crippen molar-refractivity contribution in [3.05, 3.63) is 35.9 Å². The van der Waals surface area contributed by atoms with Crippen molar-refractivity contribution in [2.45, 2.75) is 25.9 Å². The van der Waals surface area contributed by atoms with Crippen LogP contribution in [0.3, 0.4) is 0 Å². The smallest absolute Gasteiger partial charge is 0.287 e. The topological polar surface area (TPSA) is 49.4 Å². The molecule has 4 heteroatoms. The fraction of sp³-hybridized carbons (Fsp3) is 0.333. The van der Waals surface area contributed by atoms with Gasteiger partial charge in [0.05, 0.1) is 12.1 Å². The molecule has 2 unspecified atom stereocenters. The number of ketones is 1. The molecular weight excluding hydrogens is 204 g/mol. The minimum atomic E-state index is -0.455. The molecule has 1 heterocycles. The first-order valence-electron chi connectivity index (χ1n) is 5.30. The summed E-state index contributed by atoms with van der Waals surface area (Å²) in [6, 6.07) is 9.07. The Balaban J connectivity index is 2.21. The molecule has 2 rings (SSSR count). The van der Waals surface area contributed by atoms with Crippen LogP contribution in [0.1, 0.15) is 25.5 Å². The lowest BCUT2D eigenvalue weighted by Gasteiger charge is -2.24. The van der Waals surface area contributed by atoms with E-state index in [2.05, 4.69) is 5.43 Å². The molecule has 0 radical (unpaired) electrons. The molecule has 4 nitrogen and oxygen atoms in total. The van der Waals surface area contributed by atoms with E-state index >= 15 is 0 Å². The van der Waals surface area contributed by atoms with Gasteiger partial charge in [-0.3, -0.25) is 14.6 Å². The van der Waals surface area contributed by atoms with Crippen molar-refractivity contribution in [3.8, 4) is 0 Å². The number of carbonyl (C=O) groups is 2. The van der Waals surface area contributed by atoms with Gasteiger partial charge in [-0.15, -0.1) is 0 Å². The highest BCUT2D eigenvalue weighted by atomic mass is 16.2. The van der Waals surface area contributed by atoms with Crippen molar-refractivity contribution in [2.24, 2.45) is 0 Å². The van der Waals surface area contributed by atoms with Gasteiger partial charge in [0.2, 0.25) is 5.78 Å². The molecule has 1 aromatic carbocycles. The van der Waals surface area contributed by atoms with Gasteiger partial charge in [0.25, 0.3) is 0 Å². The molecule has 0 saturated carbocycles. The Morgan fingerprint density at radius 1 is 1.25 bits per heavy atom. The van der Waals surface area contributed by atoms with Crippen LogP contribution in [0.5, 0.6) is 0 Å². The zero-order chi connectivity index (χ0) is 11.7. The largest absolute Gasteiger partial charge is 0.306 e. The van der Waals surface area contributed by atoms with Crippen molar-refractivity contribution in [1.82, 2.24) is 10.4 Å². The second kappa shape index (κ2) is 4.06. The molecule has 1 aromatic rings. The number of hydrazine groups is 1. The van der Waals surface area contributed by atoms with Crippen LogP contribution in [0.4, 0.5) is 0 Å². The summed E-state index contributed by atoms with van der Waals surface area (Å²) in [5.41, 5.74) is 3.89. The Kier molecular flexibility index (Phi) is 2.75. The first-order valence-corrected chi connectivity index (χ1v) is 5.30. The average Bonchev–Trinajstić information content (AvgIpc) is 2.57. The van der Waals surface area contributed by atoms with Crippen molar-refractivity contribution >= 4 is 11.7 Å². The summed E-state index contributed by atoms with van der Waals surface area (Å²) in [6.07, 6.45) is 0. The normalized spacial score (nSPS) is 22.6. The van der Waals surface area contributed by atoms with Gasteiger partial charge < -0.3 is 0 Å². The van der Waals surface area contributed by atoms with Gasteiger partial charge in [0, 0.05) is 0 Å². The third kappa shape index (κ3) is 1.72. The Hall–Kier alpha value is -1.68. The van der Waals surface area contributed by atoms with Crippen molar-refractivity contribution in [1.29, 1.82) is 0 Å². The summed E-state index contributed by atoms with van der Waals surface area (Å²) in [4.78, 5) is 23.0. The lowest BCUT2D eigenvalue weighted by molar-refractivity contribution is -0.142. The van der Waals surface area contributed by atoms with E-state index in [1.807, 2.05) is 37.3 Å². The standard InChI is InChI=1S/C12H14N2O2/c1-8-11(15)12(16)14(13-8)9(2)10-6-4-3-5-7-10/h3-9,13H,1-2H3. The zero-order valence-electron chi connectivity index (χ0n) is 9.31. The SMILES string of the molecule is CC1NN(C(C)c2ccccc2)C(=O)C1=O. The van der Waals surface area contributed by atoms with Crippen molar-refractivity contribution in [3.63, 3.8) is 0 Å². The summed E-state index contributed by atoms with van der Waals surface area (Å²) in [5.74, 6) is -0.827. The number of hydrogen-bond acceptors (Lipinski definition) is 3. The maximum Gasteiger partial charge on any atom is 0.306 e. The second-order valence-electron chi connectivity index (χ2n) is 3.98. The fourth-order valence-electron chi connectivity index (χ4n) is 1.80. The molecule has 0 aromatic heterocycles. The third-order valence-electron chi connectivity index (χ3n) is 2.82. The van der Waals surface area contributed by atoms with E-state index in [9.17, 15) is 9.59 Å². The number of Topliss-reactive ketones (excluding diaryl/α,β-unsaturated/α-hetero) is 1. The number of nitrogens with zero attached hydrogens (tertiary/aromatic N) is 1. The highest BCUT2D eigenvalue weighted by Gasteiger charge is 2.38. The summed E-state index contributed by atoms with van der Waals surface area (Å²) < 4.78 is 0. The lowest BCUT2D eigenvalue weighted by atomic mass is 10.1. The number of amides is 1. The Bertz CT molecular complexity index is 416. The molecule has 1 aliphatic rings. The predicted octanol–water partition coefficient (Wildman–Crippen LogP) is 1.05. The van der Waals surface area contributed by atoms with E-state index in [1.165, 1.54) is 5.01 Å². The highest BCUT2D eigenvalue weighted by Crippen LogP contribution is 2.21. The highest BCUT2D eigenvalue weighted by molar-refractivity contribution is 6.39. The Morgan fingerprint density at radius 2 is 1.88 bits per heavy atom. The maximum absolute atomic E-state index is 11.6. The number of nitrogens with one attached hydrogen (secondary N) is 1. The zero-order valence-corrected chi connectivity index (χ0v) is 9.31. The fourth-order valence-corrected chi connectivity index (χ4v) is 1.80. The van der Waals surface area contributed by atoms with Gasteiger partial charge in [0.15, 0.2) is 0 Å². The van der Waals surface area contributed by atoms with Crippen LogP contribution in [-0.4, -0.2) is 22.7 Å². The quantitative estimate of drug-likeness (QED) is 0.755. The predicted molar refractivity (Wildman–Crippen MR) is 59.3 cm³/mol. The van der Waals surface area contributed by atoms with Crippen LogP contribution in [0.25, 0.3) is 0 Å². The lowest BCUT2D eigenvalue weighted by Crippen LogP contribution is -2.38. The van der Waals surface area contributed by atoms with E-state index in [1.54, 1.807) is 6.92 Å². The van der Waals surface area contributed by atoms with E-state index in [4.69, 9.17) is 0 Å². The summed E-state index contributed by atoms with van der Waals surface area (Å²) >= 11 is 0. The minimum Gasteiger partial charge on any atom is -0.287 e. The van der Waals surface area contributed by atoms with E-state index in [-0.39, 0.29) is 11.8 Å². The van der Waals surface area contributed by atoms with Gasteiger partial charge in [-0.25, -0.2) is 5.43 Å². The molecule has 16 heavy (non-hydrogen) atoms. The Morgan fingerprint density at radius 3 is 2.38 bits per heavy atom. The minimum absolute atomic E-state index is 0.136. The van der Waals surface area contributed by atoms with Crippen molar-refractivity contribution in [2.75, 3.05) is 0 Å². The van der Waals surface area contributed by atoms with Crippen LogP contribution < -0.4 is 5.43 Å².